The van der Waals surface area contributed by atoms with E-state index in [-0.39, 0.29) is 5.25 Å². The lowest BCUT2D eigenvalue weighted by Gasteiger charge is -2.37. The van der Waals surface area contributed by atoms with E-state index in [1.165, 1.54) is 0 Å². The molecule has 1 aliphatic heterocycles. The molecule has 2 unspecified atom stereocenters. The molecule has 1 aromatic rings. The monoisotopic (exact) mass is 239 g/mol. The summed E-state index contributed by atoms with van der Waals surface area (Å²) in [5.41, 5.74) is -0.174. The summed E-state index contributed by atoms with van der Waals surface area (Å²) in [5.74, 6) is 1.79. The number of methoxy groups -OCH3 is 1. The van der Waals surface area contributed by atoms with Crippen molar-refractivity contribution in [1.82, 2.24) is 4.98 Å². The second kappa shape index (κ2) is 4.63. The first-order valence-corrected chi connectivity index (χ1v) is 6.57. The predicted molar refractivity (Wildman–Crippen MR) is 65.8 cm³/mol. The first-order valence-electron chi connectivity index (χ1n) is 5.52. The van der Waals surface area contributed by atoms with Crippen LogP contribution in [-0.2, 0) is 5.60 Å². The van der Waals surface area contributed by atoms with Crippen LogP contribution in [0, 0.1) is 0 Å². The number of thioether (sulfide) groups is 1. The number of hydrogen-bond acceptors (Lipinski definition) is 4. The molecule has 88 valence electrons. The van der Waals surface area contributed by atoms with Gasteiger partial charge in [0.15, 0.2) is 0 Å². The van der Waals surface area contributed by atoms with Crippen LogP contribution in [0.2, 0.25) is 0 Å². The summed E-state index contributed by atoms with van der Waals surface area (Å²) in [6.07, 6.45) is 3.49. The van der Waals surface area contributed by atoms with Gasteiger partial charge in [0.05, 0.1) is 7.11 Å². The zero-order chi connectivity index (χ0) is 11.6. The van der Waals surface area contributed by atoms with Gasteiger partial charge in [0, 0.05) is 11.4 Å². The van der Waals surface area contributed by atoms with Gasteiger partial charge in [0.2, 0.25) is 0 Å². The fraction of sp³-hybridized carbons (Fsp3) is 0.583. The summed E-state index contributed by atoms with van der Waals surface area (Å²) in [7, 11) is 1.62. The van der Waals surface area contributed by atoms with Crippen LogP contribution in [0.15, 0.2) is 18.3 Å². The van der Waals surface area contributed by atoms with Gasteiger partial charge >= 0.3 is 0 Å². The minimum Gasteiger partial charge on any atom is -0.495 e. The number of ether oxygens (including phenoxy) is 1. The van der Waals surface area contributed by atoms with Gasteiger partial charge in [0.1, 0.15) is 17.0 Å². The standard InChI is InChI=1S/C12H17NO2S/c1-9-12(14,6-4-8-16-9)11-10(15-2)5-3-7-13-11/h3,5,7,9,14H,4,6,8H2,1-2H3. The molecule has 1 N–H and O–H groups in total. The molecule has 1 aliphatic rings. The molecule has 1 saturated heterocycles. The van der Waals surface area contributed by atoms with Crippen LogP contribution in [0.4, 0.5) is 0 Å². The second-order valence-corrected chi connectivity index (χ2v) is 5.54. The minimum absolute atomic E-state index is 0.157. The topological polar surface area (TPSA) is 42.4 Å². The van der Waals surface area contributed by atoms with Gasteiger partial charge in [-0.15, -0.1) is 0 Å². The lowest BCUT2D eigenvalue weighted by Crippen LogP contribution is -2.39. The van der Waals surface area contributed by atoms with Crippen LogP contribution in [0.5, 0.6) is 5.75 Å². The molecular formula is C12H17NO2S. The molecule has 2 heterocycles. The maximum Gasteiger partial charge on any atom is 0.143 e. The Hall–Kier alpha value is -0.740. The van der Waals surface area contributed by atoms with Gasteiger partial charge in [-0.1, -0.05) is 6.92 Å². The maximum atomic E-state index is 10.8. The summed E-state index contributed by atoms with van der Waals surface area (Å²) < 4.78 is 5.28. The molecule has 3 nitrogen and oxygen atoms in total. The number of pyridine rings is 1. The highest BCUT2D eigenvalue weighted by Crippen LogP contribution is 2.43. The van der Waals surface area contributed by atoms with E-state index in [9.17, 15) is 5.11 Å². The Labute approximate surface area is 100 Å². The number of aliphatic hydroxyl groups is 1. The number of rotatable bonds is 2. The molecule has 0 spiro atoms. The van der Waals surface area contributed by atoms with Crippen molar-refractivity contribution in [1.29, 1.82) is 0 Å². The van der Waals surface area contributed by atoms with Crippen LogP contribution in [0.1, 0.15) is 25.5 Å². The molecule has 0 radical (unpaired) electrons. The van der Waals surface area contributed by atoms with E-state index >= 15 is 0 Å². The Morgan fingerprint density at radius 1 is 1.62 bits per heavy atom. The van der Waals surface area contributed by atoms with Crippen molar-refractivity contribution >= 4 is 11.8 Å². The Balaban J connectivity index is 2.40. The first kappa shape index (κ1) is 11.7. The third-order valence-corrected chi connectivity index (χ3v) is 4.56. The first-order chi connectivity index (χ1) is 7.68. The van der Waals surface area contributed by atoms with E-state index in [0.29, 0.717) is 11.4 Å². The van der Waals surface area contributed by atoms with Gasteiger partial charge in [-0.2, -0.15) is 11.8 Å². The molecule has 2 atom stereocenters. The third-order valence-electron chi connectivity index (χ3n) is 3.14. The average molecular weight is 239 g/mol. The van der Waals surface area contributed by atoms with Crippen molar-refractivity contribution in [3.63, 3.8) is 0 Å². The largest absolute Gasteiger partial charge is 0.495 e. The summed E-state index contributed by atoms with van der Waals surface area (Å²) >= 11 is 1.79. The maximum absolute atomic E-state index is 10.8. The van der Waals surface area contributed by atoms with E-state index in [2.05, 4.69) is 11.9 Å². The predicted octanol–water partition coefficient (Wildman–Crippen LogP) is 2.19. The van der Waals surface area contributed by atoms with Crippen LogP contribution in [-0.4, -0.2) is 28.2 Å². The van der Waals surface area contributed by atoms with Gasteiger partial charge in [-0.25, -0.2) is 0 Å². The summed E-state index contributed by atoms with van der Waals surface area (Å²) in [6.45, 7) is 2.05. The molecule has 0 bridgehead atoms. The van der Waals surface area contributed by atoms with Gasteiger partial charge in [-0.05, 0) is 30.7 Å². The fourth-order valence-electron chi connectivity index (χ4n) is 2.13. The van der Waals surface area contributed by atoms with Crippen LogP contribution < -0.4 is 4.74 Å². The van der Waals surface area contributed by atoms with E-state index < -0.39 is 5.60 Å². The lowest BCUT2D eigenvalue weighted by atomic mass is 9.89. The number of hydrogen-bond donors (Lipinski definition) is 1. The van der Waals surface area contributed by atoms with Crippen LogP contribution in [0.3, 0.4) is 0 Å². The van der Waals surface area contributed by atoms with Crippen molar-refractivity contribution in [3.8, 4) is 5.75 Å². The van der Waals surface area contributed by atoms with E-state index in [0.717, 1.165) is 18.6 Å². The van der Waals surface area contributed by atoms with E-state index in [1.807, 2.05) is 12.1 Å². The molecular weight excluding hydrogens is 222 g/mol. The summed E-state index contributed by atoms with van der Waals surface area (Å²) in [6, 6.07) is 3.68. The Bertz CT molecular complexity index is 372. The minimum atomic E-state index is -0.852. The van der Waals surface area contributed by atoms with E-state index in [4.69, 9.17) is 4.74 Å². The van der Waals surface area contributed by atoms with Gasteiger partial charge < -0.3 is 9.84 Å². The average Bonchev–Trinajstić information content (AvgIpc) is 2.33. The molecule has 4 heteroatoms. The Morgan fingerprint density at radius 2 is 2.44 bits per heavy atom. The van der Waals surface area contributed by atoms with Crippen molar-refractivity contribution < 1.29 is 9.84 Å². The lowest BCUT2D eigenvalue weighted by molar-refractivity contribution is 0.0187. The van der Waals surface area contributed by atoms with Crippen LogP contribution in [0.25, 0.3) is 0 Å². The fourth-order valence-corrected chi connectivity index (χ4v) is 3.30. The normalized spacial score (nSPS) is 30.1. The van der Waals surface area contributed by atoms with Crippen molar-refractivity contribution in [2.24, 2.45) is 0 Å². The highest BCUT2D eigenvalue weighted by atomic mass is 32.2. The van der Waals surface area contributed by atoms with Gasteiger partial charge in [0.25, 0.3) is 0 Å². The van der Waals surface area contributed by atoms with Crippen molar-refractivity contribution in [2.75, 3.05) is 12.9 Å². The molecule has 2 rings (SSSR count). The second-order valence-electron chi connectivity index (χ2n) is 4.10. The number of nitrogens with zero attached hydrogens (tertiary/aromatic N) is 1. The summed E-state index contributed by atoms with van der Waals surface area (Å²) in [5, 5.41) is 10.9. The quantitative estimate of drug-likeness (QED) is 0.859. The van der Waals surface area contributed by atoms with Crippen molar-refractivity contribution in [2.45, 2.75) is 30.6 Å². The molecule has 0 amide bonds. The smallest absolute Gasteiger partial charge is 0.143 e. The zero-order valence-electron chi connectivity index (χ0n) is 9.64. The zero-order valence-corrected chi connectivity index (χ0v) is 10.5. The van der Waals surface area contributed by atoms with Crippen LogP contribution >= 0.6 is 11.8 Å². The highest BCUT2D eigenvalue weighted by Gasteiger charge is 2.41. The summed E-state index contributed by atoms with van der Waals surface area (Å²) in [4.78, 5) is 4.31. The highest BCUT2D eigenvalue weighted by molar-refractivity contribution is 8.00. The molecule has 1 aromatic heterocycles. The van der Waals surface area contributed by atoms with Crippen molar-refractivity contribution in [3.05, 3.63) is 24.0 Å². The molecule has 16 heavy (non-hydrogen) atoms. The van der Waals surface area contributed by atoms with Gasteiger partial charge in [-0.3, -0.25) is 4.98 Å². The Morgan fingerprint density at radius 3 is 3.12 bits per heavy atom. The Kier molecular flexibility index (Phi) is 3.40. The van der Waals surface area contributed by atoms with E-state index in [1.54, 1.807) is 25.1 Å². The number of aromatic nitrogens is 1. The molecule has 0 aliphatic carbocycles. The molecule has 1 fully saturated rings. The third kappa shape index (κ3) is 1.92. The SMILES string of the molecule is COc1cccnc1C1(O)CCCSC1C. The molecule has 0 saturated carbocycles. The molecule has 0 aromatic carbocycles.